The summed E-state index contributed by atoms with van der Waals surface area (Å²) in [7, 11) is 0. The summed E-state index contributed by atoms with van der Waals surface area (Å²) in [6.45, 7) is 6.03. The van der Waals surface area contributed by atoms with Crippen LogP contribution < -0.4 is 0 Å². The van der Waals surface area contributed by atoms with Gasteiger partial charge in [0.2, 0.25) is 0 Å². The molecular weight excluding hydrogens is 204 g/mol. The highest BCUT2D eigenvalue weighted by molar-refractivity contribution is 6.25. The normalized spacial score (nSPS) is 16.9. The summed E-state index contributed by atoms with van der Waals surface area (Å²) in [4.78, 5) is 0. The Labute approximate surface area is 98.7 Å². The van der Waals surface area contributed by atoms with Crippen LogP contribution in [0, 0.1) is 5.92 Å². The average Bonchev–Trinajstić information content (AvgIpc) is 2.25. The van der Waals surface area contributed by atoms with E-state index < -0.39 is 0 Å². The molecule has 0 spiro atoms. The SMILES string of the molecule is C=C(C)CCC(=C=CCl)C1CCCCC1. The first-order valence-electron chi connectivity index (χ1n) is 5.92. The van der Waals surface area contributed by atoms with Gasteiger partial charge in [-0.2, -0.15) is 0 Å². The van der Waals surface area contributed by atoms with Crippen molar-refractivity contribution in [2.24, 2.45) is 5.92 Å². The first-order valence-corrected chi connectivity index (χ1v) is 6.36. The molecule has 0 aromatic carbocycles. The summed E-state index contributed by atoms with van der Waals surface area (Å²) in [5, 5.41) is 0. The van der Waals surface area contributed by atoms with Gasteiger partial charge in [0.1, 0.15) is 0 Å². The molecule has 15 heavy (non-hydrogen) atoms. The van der Waals surface area contributed by atoms with E-state index in [0.29, 0.717) is 0 Å². The van der Waals surface area contributed by atoms with Crippen molar-refractivity contribution in [1.29, 1.82) is 0 Å². The Morgan fingerprint density at radius 3 is 2.53 bits per heavy atom. The lowest BCUT2D eigenvalue weighted by molar-refractivity contribution is 0.395. The second-order valence-electron chi connectivity index (χ2n) is 4.57. The van der Waals surface area contributed by atoms with Gasteiger partial charge in [0.05, 0.1) is 0 Å². The van der Waals surface area contributed by atoms with Gasteiger partial charge in [-0.05, 0) is 44.1 Å². The van der Waals surface area contributed by atoms with Crippen LogP contribution in [0.2, 0.25) is 0 Å². The highest BCUT2D eigenvalue weighted by Gasteiger charge is 2.17. The van der Waals surface area contributed by atoms with Crippen LogP contribution in [0.4, 0.5) is 0 Å². The van der Waals surface area contributed by atoms with Crippen molar-refractivity contribution in [3.05, 3.63) is 29.0 Å². The average molecular weight is 225 g/mol. The number of rotatable bonds is 4. The summed E-state index contributed by atoms with van der Waals surface area (Å²) in [5.41, 5.74) is 7.43. The lowest BCUT2D eigenvalue weighted by Gasteiger charge is -2.23. The number of hydrogen-bond donors (Lipinski definition) is 0. The maximum atomic E-state index is 5.65. The molecule has 0 saturated heterocycles. The predicted molar refractivity (Wildman–Crippen MR) is 68.1 cm³/mol. The number of halogens is 1. The molecule has 0 bridgehead atoms. The van der Waals surface area contributed by atoms with Gasteiger partial charge in [0.25, 0.3) is 0 Å². The molecular formula is C14H21Cl. The molecule has 84 valence electrons. The van der Waals surface area contributed by atoms with E-state index in [9.17, 15) is 0 Å². The topological polar surface area (TPSA) is 0 Å². The smallest absolute Gasteiger partial charge is 0.0462 e. The Balaban J connectivity index is 2.57. The minimum Gasteiger partial charge on any atom is -0.109 e. The summed E-state index contributed by atoms with van der Waals surface area (Å²) >= 11 is 5.65. The minimum absolute atomic E-state index is 0.730. The van der Waals surface area contributed by atoms with Crippen LogP contribution in [-0.4, -0.2) is 0 Å². The second kappa shape index (κ2) is 6.93. The van der Waals surface area contributed by atoms with Crippen LogP contribution in [0.15, 0.2) is 29.0 Å². The molecule has 1 heteroatoms. The van der Waals surface area contributed by atoms with Crippen molar-refractivity contribution in [3.63, 3.8) is 0 Å². The van der Waals surface area contributed by atoms with Crippen molar-refractivity contribution < 1.29 is 0 Å². The van der Waals surface area contributed by atoms with Crippen molar-refractivity contribution >= 4 is 11.6 Å². The Morgan fingerprint density at radius 1 is 1.33 bits per heavy atom. The molecule has 1 aliphatic rings. The Hall–Kier alpha value is -0.450. The van der Waals surface area contributed by atoms with Gasteiger partial charge in [0, 0.05) is 5.54 Å². The van der Waals surface area contributed by atoms with E-state index in [-0.39, 0.29) is 0 Å². The molecule has 0 N–H and O–H groups in total. The largest absolute Gasteiger partial charge is 0.109 e. The Morgan fingerprint density at radius 2 is 2.00 bits per heavy atom. The molecule has 1 aliphatic carbocycles. The van der Waals surface area contributed by atoms with Crippen molar-refractivity contribution in [1.82, 2.24) is 0 Å². The maximum Gasteiger partial charge on any atom is 0.0462 e. The fourth-order valence-electron chi connectivity index (χ4n) is 2.26. The lowest BCUT2D eigenvalue weighted by atomic mass is 9.82. The zero-order valence-corrected chi connectivity index (χ0v) is 10.4. The first kappa shape index (κ1) is 12.6. The van der Waals surface area contributed by atoms with Gasteiger partial charge in [-0.15, -0.1) is 12.3 Å². The third kappa shape index (κ3) is 4.73. The molecule has 0 aromatic heterocycles. The third-order valence-corrected chi connectivity index (χ3v) is 3.27. The van der Waals surface area contributed by atoms with Crippen molar-refractivity contribution in [2.45, 2.75) is 51.9 Å². The van der Waals surface area contributed by atoms with Crippen LogP contribution in [-0.2, 0) is 0 Å². The molecule has 1 rings (SSSR count). The van der Waals surface area contributed by atoms with E-state index in [1.165, 1.54) is 43.3 Å². The standard InChI is InChI=1S/C14H21Cl/c1-12(2)8-9-14(10-11-15)13-6-4-3-5-7-13/h11,13H,1,3-9H2,2H3. The van der Waals surface area contributed by atoms with Gasteiger partial charge in [-0.1, -0.05) is 36.4 Å². The van der Waals surface area contributed by atoms with Crippen molar-refractivity contribution in [3.8, 4) is 0 Å². The van der Waals surface area contributed by atoms with E-state index in [1.807, 2.05) is 0 Å². The molecule has 0 radical (unpaired) electrons. The third-order valence-electron chi connectivity index (χ3n) is 3.16. The van der Waals surface area contributed by atoms with E-state index in [0.717, 1.165) is 18.8 Å². The van der Waals surface area contributed by atoms with Gasteiger partial charge in [-0.3, -0.25) is 0 Å². The van der Waals surface area contributed by atoms with Gasteiger partial charge < -0.3 is 0 Å². The summed E-state index contributed by atoms with van der Waals surface area (Å²) in [6, 6.07) is 0. The maximum absolute atomic E-state index is 5.65. The summed E-state index contributed by atoms with van der Waals surface area (Å²) in [6.07, 6.45) is 8.94. The van der Waals surface area contributed by atoms with Gasteiger partial charge in [-0.25, -0.2) is 0 Å². The van der Waals surface area contributed by atoms with E-state index in [4.69, 9.17) is 11.6 Å². The fraction of sp³-hybridized carbons (Fsp3) is 0.643. The molecule has 0 atom stereocenters. The fourth-order valence-corrected chi connectivity index (χ4v) is 2.40. The van der Waals surface area contributed by atoms with Crippen LogP contribution in [0.25, 0.3) is 0 Å². The highest BCUT2D eigenvalue weighted by Crippen LogP contribution is 2.31. The Kier molecular flexibility index (Phi) is 5.83. The second-order valence-corrected chi connectivity index (χ2v) is 4.79. The first-order chi connectivity index (χ1) is 7.24. The van der Waals surface area contributed by atoms with Gasteiger partial charge >= 0.3 is 0 Å². The van der Waals surface area contributed by atoms with E-state index in [1.54, 1.807) is 5.54 Å². The molecule has 0 aliphatic heterocycles. The monoisotopic (exact) mass is 224 g/mol. The molecule has 1 fully saturated rings. The van der Waals surface area contributed by atoms with Crippen molar-refractivity contribution in [2.75, 3.05) is 0 Å². The lowest BCUT2D eigenvalue weighted by Crippen LogP contribution is -2.08. The molecule has 1 saturated carbocycles. The minimum atomic E-state index is 0.730. The molecule has 0 unspecified atom stereocenters. The van der Waals surface area contributed by atoms with Crippen LogP contribution in [0.5, 0.6) is 0 Å². The Bertz CT molecular complexity index is 263. The van der Waals surface area contributed by atoms with E-state index >= 15 is 0 Å². The van der Waals surface area contributed by atoms with Gasteiger partial charge in [0.15, 0.2) is 0 Å². The molecule has 0 aromatic rings. The van der Waals surface area contributed by atoms with Crippen LogP contribution >= 0.6 is 11.6 Å². The number of allylic oxidation sites excluding steroid dienone is 2. The molecule has 0 heterocycles. The molecule has 0 nitrogen and oxygen atoms in total. The van der Waals surface area contributed by atoms with Crippen LogP contribution in [0.3, 0.4) is 0 Å². The molecule has 0 amide bonds. The summed E-state index contributed by atoms with van der Waals surface area (Å²) < 4.78 is 0. The van der Waals surface area contributed by atoms with Crippen LogP contribution in [0.1, 0.15) is 51.9 Å². The zero-order chi connectivity index (χ0) is 11.1. The number of hydrogen-bond acceptors (Lipinski definition) is 0. The quantitative estimate of drug-likeness (QED) is 0.455. The predicted octanol–water partition coefficient (Wildman–Crippen LogP) is 5.20. The highest BCUT2D eigenvalue weighted by atomic mass is 35.5. The van der Waals surface area contributed by atoms with E-state index in [2.05, 4.69) is 19.2 Å². The zero-order valence-electron chi connectivity index (χ0n) is 9.69. The summed E-state index contributed by atoms with van der Waals surface area (Å²) in [5.74, 6) is 0.730.